The topological polar surface area (TPSA) is 90.0 Å². The number of sulfonamides is 1. The molecule has 0 saturated heterocycles. The van der Waals surface area contributed by atoms with E-state index in [0.29, 0.717) is 29.8 Å². The summed E-state index contributed by atoms with van der Waals surface area (Å²) in [7, 11) is -3.37. The van der Waals surface area contributed by atoms with Gasteiger partial charge < -0.3 is 9.47 Å². The van der Waals surface area contributed by atoms with Crippen LogP contribution in [0.25, 0.3) is 6.08 Å². The van der Waals surface area contributed by atoms with Crippen LogP contribution in [0, 0.1) is 0 Å². The van der Waals surface area contributed by atoms with Gasteiger partial charge in [-0.25, -0.2) is 13.2 Å². The monoisotopic (exact) mass is 465 g/mol. The van der Waals surface area contributed by atoms with Crippen LogP contribution >= 0.6 is 0 Å². The number of benzene rings is 2. The number of halogens is 2. The summed E-state index contributed by atoms with van der Waals surface area (Å²) < 4.78 is 59.1. The molecule has 1 aliphatic rings. The van der Waals surface area contributed by atoms with E-state index in [1.807, 2.05) is 0 Å². The average Bonchev–Trinajstić information content (AvgIpc) is 3.20. The fraction of sp³-hybridized carbons (Fsp3) is 0.273. The largest absolute Gasteiger partial charge is 0.454 e. The van der Waals surface area contributed by atoms with Gasteiger partial charge in [-0.1, -0.05) is 12.1 Å². The molecule has 0 aromatic heterocycles. The standard InChI is InChI=1S/C22H21F2NO6S/c1-2-32(28,29)25-12-11-16-13-17(6-9-19(16)25)20(26)14-30-21(27)10-5-15-3-7-18(8-4-15)31-22(23)24/h3-10,13,22H,2,11-12,14H2,1H3/b10-5+. The zero-order valence-corrected chi connectivity index (χ0v) is 18.0. The minimum Gasteiger partial charge on any atom is -0.454 e. The van der Waals surface area contributed by atoms with Gasteiger partial charge in [0.2, 0.25) is 10.0 Å². The van der Waals surface area contributed by atoms with Crippen LogP contribution in [0.3, 0.4) is 0 Å². The molecule has 0 unspecified atom stereocenters. The zero-order valence-electron chi connectivity index (χ0n) is 17.2. The Labute approximate surface area is 184 Å². The third-order valence-electron chi connectivity index (χ3n) is 4.82. The van der Waals surface area contributed by atoms with Crippen molar-refractivity contribution in [3.05, 3.63) is 65.2 Å². The van der Waals surface area contributed by atoms with Gasteiger partial charge in [0.25, 0.3) is 0 Å². The van der Waals surface area contributed by atoms with E-state index in [1.54, 1.807) is 19.1 Å². The first-order valence-corrected chi connectivity index (χ1v) is 11.4. The number of ketones is 1. The van der Waals surface area contributed by atoms with E-state index in [4.69, 9.17) is 4.74 Å². The van der Waals surface area contributed by atoms with Gasteiger partial charge in [-0.3, -0.25) is 9.10 Å². The molecule has 0 radical (unpaired) electrons. The number of esters is 1. The SMILES string of the molecule is CCS(=O)(=O)N1CCc2cc(C(=O)COC(=O)/C=C/c3ccc(OC(F)F)cc3)ccc21. The second kappa shape index (κ2) is 9.90. The highest BCUT2D eigenvalue weighted by atomic mass is 32.2. The van der Waals surface area contributed by atoms with Gasteiger partial charge in [-0.05, 0) is 60.9 Å². The molecule has 170 valence electrons. The summed E-state index contributed by atoms with van der Waals surface area (Å²) in [5.74, 6) is -1.17. The van der Waals surface area contributed by atoms with Crippen molar-refractivity contribution in [1.82, 2.24) is 0 Å². The molecule has 7 nitrogen and oxygen atoms in total. The molecule has 0 N–H and O–H groups in total. The fourth-order valence-electron chi connectivity index (χ4n) is 3.18. The predicted molar refractivity (Wildman–Crippen MR) is 114 cm³/mol. The van der Waals surface area contributed by atoms with Crippen molar-refractivity contribution in [3.8, 4) is 5.75 Å². The van der Waals surface area contributed by atoms with Crippen molar-refractivity contribution in [2.75, 3.05) is 23.2 Å². The van der Waals surface area contributed by atoms with Gasteiger partial charge in [0.05, 0.1) is 11.4 Å². The number of alkyl halides is 2. The number of anilines is 1. The van der Waals surface area contributed by atoms with Crippen LogP contribution in [0.15, 0.2) is 48.5 Å². The van der Waals surface area contributed by atoms with Crippen LogP contribution in [0.1, 0.15) is 28.4 Å². The third-order valence-corrected chi connectivity index (χ3v) is 6.60. The molecular formula is C22H21F2NO6S. The van der Waals surface area contributed by atoms with Crippen LogP contribution in [-0.2, 0) is 26.0 Å². The Balaban J connectivity index is 1.55. The molecule has 2 aromatic rings. The van der Waals surface area contributed by atoms with Crippen LogP contribution in [-0.4, -0.2) is 45.7 Å². The van der Waals surface area contributed by atoms with Gasteiger partial charge in [0.1, 0.15) is 5.75 Å². The predicted octanol–water partition coefficient (Wildman–Crippen LogP) is 3.44. The summed E-state index contributed by atoms with van der Waals surface area (Å²) in [6, 6.07) is 10.4. The van der Waals surface area contributed by atoms with E-state index < -0.39 is 35.0 Å². The highest BCUT2D eigenvalue weighted by Gasteiger charge is 2.28. The molecule has 0 bridgehead atoms. The maximum Gasteiger partial charge on any atom is 0.387 e. The number of ether oxygens (including phenoxy) is 2. The number of rotatable bonds is 9. The van der Waals surface area contributed by atoms with Gasteiger partial charge in [-0.2, -0.15) is 8.78 Å². The summed E-state index contributed by atoms with van der Waals surface area (Å²) in [6.45, 7) is -1.48. The lowest BCUT2D eigenvalue weighted by molar-refractivity contribution is -0.136. The van der Waals surface area contributed by atoms with Crippen LogP contribution in [0.2, 0.25) is 0 Å². The summed E-state index contributed by atoms with van der Waals surface area (Å²) in [4.78, 5) is 24.3. The van der Waals surface area contributed by atoms with Crippen molar-refractivity contribution < 1.29 is 36.3 Å². The minimum absolute atomic E-state index is 0.00455. The lowest BCUT2D eigenvalue weighted by atomic mass is 10.1. The van der Waals surface area contributed by atoms with Crippen molar-refractivity contribution in [3.63, 3.8) is 0 Å². The van der Waals surface area contributed by atoms with E-state index in [9.17, 15) is 26.8 Å². The van der Waals surface area contributed by atoms with E-state index in [0.717, 1.165) is 11.6 Å². The Morgan fingerprint density at radius 3 is 2.53 bits per heavy atom. The summed E-state index contributed by atoms with van der Waals surface area (Å²) in [5, 5.41) is 0. The van der Waals surface area contributed by atoms with Crippen molar-refractivity contribution >= 4 is 33.5 Å². The van der Waals surface area contributed by atoms with Crippen LogP contribution < -0.4 is 9.04 Å². The van der Waals surface area contributed by atoms with E-state index in [-0.39, 0.29) is 11.5 Å². The van der Waals surface area contributed by atoms with Crippen molar-refractivity contribution in [2.24, 2.45) is 0 Å². The minimum atomic E-state index is -3.37. The molecule has 0 aliphatic carbocycles. The van der Waals surface area contributed by atoms with Gasteiger partial charge in [0.15, 0.2) is 12.4 Å². The second-order valence-corrected chi connectivity index (χ2v) is 9.06. The van der Waals surface area contributed by atoms with Crippen LogP contribution in [0.5, 0.6) is 5.75 Å². The van der Waals surface area contributed by atoms with Crippen molar-refractivity contribution in [1.29, 1.82) is 0 Å². The Morgan fingerprint density at radius 2 is 1.88 bits per heavy atom. The maximum absolute atomic E-state index is 12.4. The molecule has 1 heterocycles. The van der Waals surface area contributed by atoms with E-state index in [2.05, 4.69) is 4.74 Å². The number of nitrogens with zero attached hydrogens (tertiary/aromatic N) is 1. The third kappa shape index (κ3) is 5.70. The molecular weight excluding hydrogens is 444 g/mol. The lowest BCUT2D eigenvalue weighted by Crippen LogP contribution is -2.30. The molecule has 0 fully saturated rings. The smallest absolute Gasteiger partial charge is 0.387 e. The Kier molecular flexibility index (Phi) is 7.24. The highest BCUT2D eigenvalue weighted by Crippen LogP contribution is 2.31. The van der Waals surface area contributed by atoms with Crippen molar-refractivity contribution in [2.45, 2.75) is 20.0 Å². The second-order valence-electron chi connectivity index (χ2n) is 6.88. The first kappa shape index (κ1) is 23.4. The summed E-state index contributed by atoms with van der Waals surface area (Å²) >= 11 is 0. The lowest BCUT2D eigenvalue weighted by Gasteiger charge is -2.18. The number of carbonyl (C=O) groups is 2. The Morgan fingerprint density at radius 1 is 1.16 bits per heavy atom. The van der Waals surface area contributed by atoms with E-state index >= 15 is 0 Å². The molecule has 1 aliphatic heterocycles. The molecule has 0 amide bonds. The molecule has 32 heavy (non-hydrogen) atoms. The number of hydrogen-bond acceptors (Lipinski definition) is 6. The van der Waals surface area contributed by atoms with Gasteiger partial charge >= 0.3 is 12.6 Å². The number of hydrogen-bond donors (Lipinski definition) is 0. The molecule has 0 spiro atoms. The van der Waals surface area contributed by atoms with Crippen LogP contribution in [0.4, 0.5) is 14.5 Å². The molecule has 0 atom stereocenters. The molecule has 10 heteroatoms. The first-order valence-electron chi connectivity index (χ1n) is 9.76. The quantitative estimate of drug-likeness (QED) is 0.320. The summed E-state index contributed by atoms with van der Waals surface area (Å²) in [6.07, 6.45) is 3.03. The fourth-order valence-corrected chi connectivity index (χ4v) is 4.34. The number of fused-ring (bicyclic) bond motifs is 1. The van der Waals surface area contributed by atoms with Gasteiger partial charge in [0, 0.05) is 18.2 Å². The number of Topliss-reactive ketones (excluding diaryl/α,β-unsaturated/α-hetero) is 1. The Hall–Kier alpha value is -3.27. The number of carbonyl (C=O) groups excluding carboxylic acids is 2. The molecule has 0 saturated carbocycles. The summed E-state index contributed by atoms with van der Waals surface area (Å²) in [5.41, 5.74) is 2.19. The highest BCUT2D eigenvalue weighted by molar-refractivity contribution is 7.92. The maximum atomic E-state index is 12.4. The molecule has 3 rings (SSSR count). The average molecular weight is 465 g/mol. The first-order chi connectivity index (χ1) is 15.2. The van der Waals surface area contributed by atoms with E-state index in [1.165, 1.54) is 40.7 Å². The van der Waals surface area contributed by atoms with Gasteiger partial charge in [-0.15, -0.1) is 0 Å². The molecule has 2 aromatic carbocycles. The normalized spacial score (nSPS) is 13.4. The zero-order chi connectivity index (χ0) is 23.3. The Bertz CT molecular complexity index is 1130.